The fourth-order valence-corrected chi connectivity index (χ4v) is 0.267. The van der Waals surface area contributed by atoms with Crippen LogP contribution >= 0.6 is 11.6 Å². The van der Waals surface area contributed by atoms with E-state index in [1.54, 1.807) is 0 Å². The molecule has 6 heavy (non-hydrogen) atoms. The summed E-state index contributed by atoms with van der Waals surface area (Å²) in [6, 6.07) is 0. The number of rotatable bonds is 1. The molecule has 0 aliphatic heterocycles. The van der Waals surface area contributed by atoms with E-state index in [0.29, 0.717) is 5.88 Å². The third-order valence-electron chi connectivity index (χ3n) is 0.325. The Bertz CT molecular complexity index is 32.5. The van der Waals surface area contributed by atoms with Crippen LogP contribution in [0.3, 0.4) is 0 Å². The van der Waals surface area contributed by atoms with Crippen molar-refractivity contribution >= 4 is 11.6 Å². The van der Waals surface area contributed by atoms with Gasteiger partial charge in [-0.3, -0.25) is 0 Å². The molecule has 0 saturated heterocycles. The van der Waals surface area contributed by atoms with Gasteiger partial charge in [0, 0.05) is 5.88 Å². The molecule has 0 heterocycles. The van der Waals surface area contributed by atoms with Crippen LogP contribution in [0.4, 0.5) is 0 Å². The molecule has 0 atom stereocenters. The molecule has 0 bridgehead atoms. The second-order valence-electron chi connectivity index (χ2n) is 0.723. The molecule has 0 radical (unpaired) electrons. The minimum atomic E-state index is 0. The first-order valence-corrected chi connectivity index (χ1v) is 2.12. The third kappa shape index (κ3) is 8.85. The maximum atomic E-state index is 5.21. The van der Waals surface area contributed by atoms with Gasteiger partial charge in [0.1, 0.15) is 0 Å². The van der Waals surface area contributed by atoms with Crippen LogP contribution in [-0.2, 0) is 0 Å². The lowest BCUT2D eigenvalue weighted by atomic mass is 10.6. The van der Waals surface area contributed by atoms with Crippen molar-refractivity contribution in [3.63, 3.8) is 0 Å². The molecule has 0 aromatic rings. The summed E-state index contributed by atoms with van der Waals surface area (Å²) in [5, 5.41) is 0. The molecular weight excluding hydrogens is 119 g/mol. The minimum absolute atomic E-state index is 0. The summed E-state index contributed by atoms with van der Waals surface area (Å²) in [5.41, 5.74) is 0. The van der Waals surface area contributed by atoms with E-state index in [9.17, 15) is 0 Å². The molecular formula is C4H7Cl2-. The van der Waals surface area contributed by atoms with E-state index >= 15 is 0 Å². The van der Waals surface area contributed by atoms with Crippen molar-refractivity contribution in [2.45, 2.75) is 6.92 Å². The molecule has 0 aliphatic carbocycles. The van der Waals surface area contributed by atoms with Crippen LogP contribution < -0.4 is 12.4 Å². The molecule has 0 saturated carbocycles. The second-order valence-corrected chi connectivity index (χ2v) is 1.03. The van der Waals surface area contributed by atoms with Gasteiger partial charge >= 0.3 is 0 Å². The fourth-order valence-electron chi connectivity index (χ4n) is 0.0891. The Morgan fingerprint density at radius 2 is 2.17 bits per heavy atom. The molecule has 0 unspecified atom stereocenters. The van der Waals surface area contributed by atoms with E-state index in [1.165, 1.54) is 0 Å². The summed E-state index contributed by atoms with van der Waals surface area (Å²) in [5.74, 6) is 0.635. The zero-order valence-corrected chi connectivity index (χ0v) is 5.13. The summed E-state index contributed by atoms with van der Waals surface area (Å²) in [7, 11) is 0. The maximum absolute atomic E-state index is 5.21. The summed E-state index contributed by atoms with van der Waals surface area (Å²) < 4.78 is 0. The van der Waals surface area contributed by atoms with Crippen LogP contribution in [0.25, 0.3) is 0 Å². The molecule has 0 N–H and O–H groups in total. The number of hydrogen-bond acceptors (Lipinski definition) is 0. The molecule has 0 aromatic carbocycles. The molecule has 0 spiro atoms. The van der Waals surface area contributed by atoms with Crippen LogP contribution in [0, 0.1) is 0 Å². The van der Waals surface area contributed by atoms with E-state index < -0.39 is 0 Å². The van der Waals surface area contributed by atoms with Crippen molar-refractivity contribution in [2.75, 3.05) is 5.88 Å². The van der Waals surface area contributed by atoms with Gasteiger partial charge in [0.15, 0.2) is 0 Å². The highest BCUT2D eigenvalue weighted by atomic mass is 35.5. The molecule has 0 rings (SSSR count). The van der Waals surface area contributed by atoms with Gasteiger partial charge in [-0.05, 0) is 6.92 Å². The molecule has 0 aromatic heterocycles. The van der Waals surface area contributed by atoms with Crippen LogP contribution in [0.5, 0.6) is 0 Å². The lowest BCUT2D eigenvalue weighted by molar-refractivity contribution is -0.00000105. The zero-order valence-electron chi connectivity index (χ0n) is 3.62. The predicted octanol–water partition coefficient (Wildman–Crippen LogP) is -1.19. The molecule has 2 heteroatoms. The SMILES string of the molecule is C/C=C/CCl.[Cl-]. The Labute approximate surface area is 49.6 Å². The molecule has 0 amide bonds. The highest BCUT2D eigenvalue weighted by molar-refractivity contribution is 6.18. The Morgan fingerprint density at radius 3 is 2.17 bits per heavy atom. The fraction of sp³-hybridized carbons (Fsp3) is 0.500. The van der Waals surface area contributed by atoms with Gasteiger partial charge < -0.3 is 12.4 Å². The topological polar surface area (TPSA) is 0 Å². The predicted molar refractivity (Wildman–Crippen MR) is 25.5 cm³/mol. The summed E-state index contributed by atoms with van der Waals surface area (Å²) in [6.45, 7) is 1.95. The van der Waals surface area contributed by atoms with Crippen molar-refractivity contribution in [3.05, 3.63) is 12.2 Å². The van der Waals surface area contributed by atoms with Crippen LogP contribution in [0.1, 0.15) is 6.92 Å². The molecule has 0 aliphatic rings. The lowest BCUT2D eigenvalue weighted by Crippen LogP contribution is -3.00. The third-order valence-corrected chi connectivity index (χ3v) is 0.503. The van der Waals surface area contributed by atoms with Gasteiger partial charge in [0.05, 0.1) is 0 Å². The van der Waals surface area contributed by atoms with Gasteiger partial charge in [0.25, 0.3) is 0 Å². The van der Waals surface area contributed by atoms with Crippen LogP contribution in [0.15, 0.2) is 12.2 Å². The van der Waals surface area contributed by atoms with E-state index in [1.807, 2.05) is 19.1 Å². The summed E-state index contributed by atoms with van der Waals surface area (Å²) >= 11 is 5.21. The van der Waals surface area contributed by atoms with Gasteiger partial charge in [-0.1, -0.05) is 12.2 Å². The molecule has 0 nitrogen and oxygen atoms in total. The first-order valence-electron chi connectivity index (χ1n) is 1.59. The van der Waals surface area contributed by atoms with Gasteiger partial charge in [-0.15, -0.1) is 11.6 Å². The van der Waals surface area contributed by atoms with Crippen molar-refractivity contribution in [3.8, 4) is 0 Å². The van der Waals surface area contributed by atoms with E-state index in [2.05, 4.69) is 0 Å². The van der Waals surface area contributed by atoms with E-state index in [-0.39, 0.29) is 12.4 Å². The first-order chi connectivity index (χ1) is 2.41. The van der Waals surface area contributed by atoms with Crippen LogP contribution in [0.2, 0.25) is 0 Å². The Balaban J connectivity index is 0. The highest BCUT2D eigenvalue weighted by Gasteiger charge is 1.54. The van der Waals surface area contributed by atoms with Gasteiger partial charge in [-0.2, -0.15) is 0 Å². The van der Waals surface area contributed by atoms with Crippen molar-refractivity contribution in [1.82, 2.24) is 0 Å². The average Bonchev–Trinajstić information content (AvgIpc) is 1.41. The van der Waals surface area contributed by atoms with E-state index in [0.717, 1.165) is 0 Å². The van der Waals surface area contributed by atoms with Gasteiger partial charge in [0.2, 0.25) is 0 Å². The lowest BCUT2D eigenvalue weighted by Gasteiger charge is -1.63. The smallest absolute Gasteiger partial charge is 0.0404 e. The van der Waals surface area contributed by atoms with Crippen molar-refractivity contribution in [2.24, 2.45) is 0 Å². The second kappa shape index (κ2) is 9.01. The number of allylic oxidation sites excluding steroid dienone is 2. The Morgan fingerprint density at radius 1 is 1.67 bits per heavy atom. The standard InChI is InChI=1S/C4H7Cl.ClH/c1-2-3-4-5;/h2-3H,4H2,1H3;1H/p-1/b3-2+;. The van der Waals surface area contributed by atoms with Crippen molar-refractivity contribution in [1.29, 1.82) is 0 Å². The molecule has 0 fully saturated rings. The first kappa shape index (κ1) is 9.58. The quantitative estimate of drug-likeness (QED) is 0.306. The minimum Gasteiger partial charge on any atom is -1.00 e. The summed E-state index contributed by atoms with van der Waals surface area (Å²) in [6.07, 6.45) is 3.81. The Kier molecular flexibility index (Phi) is 14.4. The van der Waals surface area contributed by atoms with Crippen LogP contribution in [-0.4, -0.2) is 5.88 Å². The average molecular weight is 126 g/mol. The highest BCUT2D eigenvalue weighted by Crippen LogP contribution is 1.73. The number of hydrogen-bond donors (Lipinski definition) is 0. The van der Waals surface area contributed by atoms with Crippen molar-refractivity contribution < 1.29 is 12.4 Å². The zero-order chi connectivity index (χ0) is 4.12. The largest absolute Gasteiger partial charge is 1.00 e. The Hall–Kier alpha value is 0.320. The normalized spacial score (nSPS) is 8.33. The monoisotopic (exact) mass is 125 g/mol. The number of alkyl halides is 1. The van der Waals surface area contributed by atoms with E-state index in [4.69, 9.17) is 11.6 Å². The number of halogens is 2. The van der Waals surface area contributed by atoms with Gasteiger partial charge in [-0.25, -0.2) is 0 Å². The maximum Gasteiger partial charge on any atom is 0.0404 e. The summed E-state index contributed by atoms with van der Waals surface area (Å²) in [4.78, 5) is 0. The molecule has 38 valence electrons.